The van der Waals surface area contributed by atoms with E-state index in [0.717, 1.165) is 67.9 Å². The molecule has 2 aromatic rings. The molecular formula is C25H36N4O3. The van der Waals surface area contributed by atoms with Crippen LogP contribution in [0.3, 0.4) is 0 Å². The van der Waals surface area contributed by atoms with E-state index in [4.69, 9.17) is 14.2 Å². The number of methoxy groups -OCH3 is 2. The lowest BCUT2D eigenvalue weighted by molar-refractivity contribution is 0.317. The van der Waals surface area contributed by atoms with Gasteiger partial charge in [-0.25, -0.2) is 0 Å². The summed E-state index contributed by atoms with van der Waals surface area (Å²) in [5, 5.41) is 7.00. The van der Waals surface area contributed by atoms with Gasteiger partial charge >= 0.3 is 0 Å². The average molecular weight is 441 g/mol. The largest absolute Gasteiger partial charge is 0.497 e. The molecule has 1 aliphatic heterocycles. The predicted octanol–water partition coefficient (Wildman–Crippen LogP) is 3.83. The van der Waals surface area contributed by atoms with Crippen molar-refractivity contribution in [1.82, 2.24) is 10.6 Å². The summed E-state index contributed by atoms with van der Waals surface area (Å²) < 4.78 is 16.6. The molecule has 0 bridgehead atoms. The SMILES string of the molecule is CCCOc1cccc(CNC(=NC)NC2CCN(c3cc(OC)cc(OC)c3)CC2)c1. The molecule has 2 N–H and O–H groups in total. The highest BCUT2D eigenvalue weighted by molar-refractivity contribution is 5.80. The summed E-state index contributed by atoms with van der Waals surface area (Å²) in [5.41, 5.74) is 2.30. The third-order valence-corrected chi connectivity index (χ3v) is 5.59. The van der Waals surface area contributed by atoms with E-state index >= 15 is 0 Å². The van der Waals surface area contributed by atoms with Gasteiger partial charge in [0.25, 0.3) is 0 Å². The Bertz CT molecular complexity index is 857. The van der Waals surface area contributed by atoms with Crippen LogP contribution in [0.15, 0.2) is 47.5 Å². The first-order valence-corrected chi connectivity index (χ1v) is 11.3. The van der Waals surface area contributed by atoms with Gasteiger partial charge in [0.2, 0.25) is 0 Å². The predicted molar refractivity (Wildman–Crippen MR) is 130 cm³/mol. The van der Waals surface area contributed by atoms with Crippen LogP contribution in [0.4, 0.5) is 5.69 Å². The maximum atomic E-state index is 5.73. The summed E-state index contributed by atoms with van der Waals surface area (Å²) in [4.78, 5) is 6.78. The number of nitrogens with one attached hydrogen (secondary N) is 2. The normalized spacial score (nSPS) is 14.8. The maximum absolute atomic E-state index is 5.73. The highest BCUT2D eigenvalue weighted by Gasteiger charge is 2.21. The molecule has 0 amide bonds. The van der Waals surface area contributed by atoms with Gasteiger partial charge in [-0.2, -0.15) is 0 Å². The fraction of sp³-hybridized carbons (Fsp3) is 0.480. The van der Waals surface area contributed by atoms with E-state index in [1.165, 1.54) is 5.56 Å². The Hall–Kier alpha value is -3.09. The minimum absolute atomic E-state index is 0.379. The van der Waals surface area contributed by atoms with Crippen molar-refractivity contribution in [3.8, 4) is 17.2 Å². The number of hydrogen-bond donors (Lipinski definition) is 2. The van der Waals surface area contributed by atoms with Gasteiger partial charge in [0.05, 0.1) is 20.8 Å². The molecule has 0 aromatic heterocycles. The highest BCUT2D eigenvalue weighted by Crippen LogP contribution is 2.30. The summed E-state index contributed by atoms with van der Waals surface area (Å²) in [7, 11) is 5.18. The van der Waals surface area contributed by atoms with Crippen molar-refractivity contribution in [3.63, 3.8) is 0 Å². The number of aliphatic imine (C=N–C) groups is 1. The van der Waals surface area contributed by atoms with Crippen molar-refractivity contribution < 1.29 is 14.2 Å². The highest BCUT2D eigenvalue weighted by atomic mass is 16.5. The van der Waals surface area contributed by atoms with Crippen LogP contribution in [-0.2, 0) is 6.54 Å². The van der Waals surface area contributed by atoms with Crippen LogP contribution < -0.4 is 29.7 Å². The van der Waals surface area contributed by atoms with Crippen LogP contribution in [0, 0.1) is 0 Å². The van der Waals surface area contributed by atoms with Crippen molar-refractivity contribution in [1.29, 1.82) is 0 Å². The molecule has 0 atom stereocenters. The Labute approximate surface area is 191 Å². The Kier molecular flexibility index (Phi) is 8.90. The second-order valence-electron chi connectivity index (χ2n) is 7.90. The molecule has 1 fully saturated rings. The van der Waals surface area contributed by atoms with E-state index in [1.54, 1.807) is 14.2 Å². The number of piperidine rings is 1. The monoisotopic (exact) mass is 440 g/mol. The lowest BCUT2D eigenvalue weighted by Crippen LogP contribution is -2.48. The zero-order valence-corrected chi connectivity index (χ0v) is 19.7. The summed E-state index contributed by atoms with van der Waals surface area (Å²) in [6.45, 7) is 5.47. The summed E-state index contributed by atoms with van der Waals surface area (Å²) in [6, 6.07) is 14.6. The number of anilines is 1. The van der Waals surface area contributed by atoms with Crippen molar-refractivity contribution in [3.05, 3.63) is 48.0 Å². The maximum Gasteiger partial charge on any atom is 0.191 e. The Morgan fingerprint density at radius 3 is 2.38 bits per heavy atom. The Morgan fingerprint density at radius 1 is 1.03 bits per heavy atom. The number of benzene rings is 2. The summed E-state index contributed by atoms with van der Waals surface area (Å²) in [6.07, 6.45) is 3.06. The molecule has 2 aromatic carbocycles. The van der Waals surface area contributed by atoms with Crippen molar-refractivity contribution in [2.45, 2.75) is 38.8 Å². The molecule has 7 nitrogen and oxygen atoms in total. The van der Waals surface area contributed by atoms with Crippen molar-refractivity contribution in [2.75, 3.05) is 45.9 Å². The second kappa shape index (κ2) is 12.1. The smallest absolute Gasteiger partial charge is 0.191 e. The zero-order chi connectivity index (χ0) is 22.8. The first-order valence-electron chi connectivity index (χ1n) is 11.3. The third-order valence-electron chi connectivity index (χ3n) is 5.59. The number of guanidine groups is 1. The number of ether oxygens (including phenoxy) is 3. The van der Waals surface area contributed by atoms with E-state index < -0.39 is 0 Å². The van der Waals surface area contributed by atoms with Crippen LogP contribution in [0.5, 0.6) is 17.2 Å². The lowest BCUT2D eigenvalue weighted by atomic mass is 10.0. The van der Waals surface area contributed by atoms with Gasteiger partial charge in [-0.3, -0.25) is 4.99 Å². The van der Waals surface area contributed by atoms with E-state index in [9.17, 15) is 0 Å². The molecule has 32 heavy (non-hydrogen) atoms. The van der Waals surface area contributed by atoms with Gasteiger partial charge in [0, 0.05) is 56.6 Å². The zero-order valence-electron chi connectivity index (χ0n) is 19.7. The van der Waals surface area contributed by atoms with E-state index in [-0.39, 0.29) is 0 Å². The minimum Gasteiger partial charge on any atom is -0.497 e. The lowest BCUT2D eigenvalue weighted by Gasteiger charge is -2.34. The summed E-state index contributed by atoms with van der Waals surface area (Å²) >= 11 is 0. The van der Waals surface area contributed by atoms with Crippen molar-refractivity contribution in [2.24, 2.45) is 4.99 Å². The van der Waals surface area contributed by atoms with E-state index in [2.05, 4.69) is 51.7 Å². The van der Waals surface area contributed by atoms with Gasteiger partial charge in [-0.1, -0.05) is 19.1 Å². The molecule has 0 spiro atoms. The van der Waals surface area contributed by atoms with Crippen molar-refractivity contribution >= 4 is 11.6 Å². The number of hydrogen-bond acceptors (Lipinski definition) is 5. The van der Waals surface area contributed by atoms with Gasteiger partial charge < -0.3 is 29.7 Å². The van der Waals surface area contributed by atoms with E-state index in [0.29, 0.717) is 12.6 Å². The van der Waals surface area contributed by atoms with Gasteiger partial charge in [-0.05, 0) is 37.0 Å². The fourth-order valence-corrected chi connectivity index (χ4v) is 3.80. The molecule has 0 aliphatic carbocycles. The van der Waals surface area contributed by atoms with Gasteiger partial charge in [-0.15, -0.1) is 0 Å². The average Bonchev–Trinajstić information content (AvgIpc) is 2.85. The minimum atomic E-state index is 0.379. The first-order chi connectivity index (χ1) is 15.6. The molecule has 3 rings (SSSR count). The van der Waals surface area contributed by atoms with Gasteiger partial charge in [0.15, 0.2) is 5.96 Å². The van der Waals surface area contributed by atoms with Crippen LogP contribution in [-0.4, -0.2) is 53.0 Å². The molecule has 0 saturated carbocycles. The quantitative estimate of drug-likeness (QED) is 0.456. The van der Waals surface area contributed by atoms with Crippen LogP contribution in [0.1, 0.15) is 31.7 Å². The van der Waals surface area contributed by atoms with Gasteiger partial charge in [0.1, 0.15) is 17.2 Å². The van der Waals surface area contributed by atoms with Crippen LogP contribution >= 0.6 is 0 Å². The summed E-state index contributed by atoms with van der Waals surface area (Å²) in [5.74, 6) is 3.36. The standard InChI is InChI=1S/C25H36N4O3/c1-5-13-32-22-8-6-7-19(14-22)18-27-25(26-2)28-20-9-11-29(12-10-20)21-15-23(30-3)17-24(16-21)31-4/h6-8,14-17,20H,5,9-13,18H2,1-4H3,(H2,26,27,28). The number of rotatable bonds is 9. The second-order valence-corrected chi connectivity index (χ2v) is 7.90. The van der Waals surface area contributed by atoms with E-state index in [1.807, 2.05) is 25.2 Å². The molecule has 0 unspecified atom stereocenters. The third kappa shape index (κ3) is 6.70. The molecular weight excluding hydrogens is 404 g/mol. The molecule has 0 radical (unpaired) electrons. The van der Waals surface area contributed by atoms with Crippen LogP contribution in [0.25, 0.3) is 0 Å². The Morgan fingerprint density at radius 2 is 1.75 bits per heavy atom. The number of nitrogens with zero attached hydrogens (tertiary/aromatic N) is 2. The fourth-order valence-electron chi connectivity index (χ4n) is 3.80. The molecule has 174 valence electrons. The molecule has 1 aliphatic rings. The Balaban J connectivity index is 1.50. The topological polar surface area (TPSA) is 67.4 Å². The first kappa shape index (κ1) is 23.6. The van der Waals surface area contributed by atoms with Crippen LogP contribution in [0.2, 0.25) is 0 Å². The molecule has 1 saturated heterocycles. The molecule has 7 heteroatoms. The molecule has 1 heterocycles.